The van der Waals surface area contributed by atoms with E-state index in [4.69, 9.17) is 9.57 Å². The average Bonchev–Trinajstić information content (AvgIpc) is 3.32. The van der Waals surface area contributed by atoms with Crippen LogP contribution >= 0.6 is 0 Å². The van der Waals surface area contributed by atoms with Gasteiger partial charge in [-0.2, -0.15) is 5.06 Å². The molecule has 8 heteroatoms. The lowest BCUT2D eigenvalue weighted by molar-refractivity contribution is -0.194. The highest BCUT2D eigenvalue weighted by molar-refractivity contribution is 5.79. The molecule has 0 aromatic carbocycles. The molecule has 3 fully saturated rings. The SMILES string of the molecule is C=C1CCCC/C1=C/C=C1\CCCC2(C)C(CCCCC(=O)NC(C)(C)COC(C)CC(=O)ON(C)C(=O)CCC=O)CCC12. The van der Waals surface area contributed by atoms with Crippen LogP contribution in [0.2, 0.25) is 0 Å². The first-order valence-corrected chi connectivity index (χ1v) is 17.3. The Hall–Kier alpha value is -2.74. The number of carbonyl (C=O) groups is 4. The Morgan fingerprint density at radius 2 is 1.84 bits per heavy atom. The van der Waals surface area contributed by atoms with Crippen molar-refractivity contribution in [3.05, 3.63) is 35.5 Å². The van der Waals surface area contributed by atoms with Crippen LogP contribution in [0.25, 0.3) is 0 Å². The Kier molecular flexibility index (Phi) is 14.1. The molecule has 8 nitrogen and oxygen atoms in total. The highest BCUT2D eigenvalue weighted by Gasteiger charge is 2.48. The van der Waals surface area contributed by atoms with Crippen molar-refractivity contribution in [2.24, 2.45) is 17.3 Å². The maximum Gasteiger partial charge on any atom is 0.335 e. The number of nitrogens with one attached hydrogen (secondary N) is 1. The van der Waals surface area contributed by atoms with Gasteiger partial charge in [0, 0.05) is 26.3 Å². The molecule has 2 amide bonds. The number of nitrogens with zero attached hydrogens (tertiary/aromatic N) is 1. The van der Waals surface area contributed by atoms with Gasteiger partial charge in [0.25, 0.3) is 5.91 Å². The topological polar surface area (TPSA) is 102 Å². The fourth-order valence-electron chi connectivity index (χ4n) is 7.60. The predicted octanol–water partition coefficient (Wildman–Crippen LogP) is 7.33. The van der Waals surface area contributed by atoms with Gasteiger partial charge in [-0.1, -0.05) is 43.2 Å². The molecule has 3 saturated carbocycles. The lowest BCUT2D eigenvalue weighted by atomic mass is 9.62. The second-order valence-corrected chi connectivity index (χ2v) is 14.5. The summed E-state index contributed by atoms with van der Waals surface area (Å²) in [4.78, 5) is 52.2. The highest BCUT2D eigenvalue weighted by atomic mass is 16.7. The summed E-state index contributed by atoms with van der Waals surface area (Å²) in [6, 6.07) is 0. The van der Waals surface area contributed by atoms with Gasteiger partial charge in [-0.3, -0.25) is 9.59 Å². The number of hydroxylamine groups is 2. The van der Waals surface area contributed by atoms with E-state index in [1.165, 1.54) is 76.0 Å². The van der Waals surface area contributed by atoms with Gasteiger partial charge in [-0.25, -0.2) is 4.79 Å². The van der Waals surface area contributed by atoms with E-state index < -0.39 is 23.5 Å². The maximum absolute atomic E-state index is 12.8. The van der Waals surface area contributed by atoms with Crippen LogP contribution in [0.1, 0.15) is 130 Å². The molecule has 3 aliphatic rings. The summed E-state index contributed by atoms with van der Waals surface area (Å²) in [5.74, 6) is 0.383. The van der Waals surface area contributed by atoms with Crippen LogP contribution in [0.15, 0.2) is 35.5 Å². The molecule has 4 unspecified atom stereocenters. The summed E-state index contributed by atoms with van der Waals surface area (Å²) in [5.41, 5.74) is 4.23. The number of amides is 2. The standard InChI is InChI=1S/C37H58N2O6/c1-27-13-7-8-14-29(27)19-20-30-15-11-23-37(5)31(21-22-32(30)37)16-9-10-17-33(41)38-36(3,4)26-44-28(2)25-35(43)45-39(6)34(42)18-12-24-40/h19-20,24,28,31-32H,1,7-18,21-23,25-26H2,2-6H3,(H,38,41)/b29-19-,30-20+. The van der Waals surface area contributed by atoms with E-state index in [9.17, 15) is 19.2 Å². The summed E-state index contributed by atoms with van der Waals surface area (Å²) < 4.78 is 5.83. The van der Waals surface area contributed by atoms with Crippen molar-refractivity contribution in [3.8, 4) is 0 Å². The second-order valence-electron chi connectivity index (χ2n) is 14.5. The molecule has 0 aliphatic heterocycles. The van der Waals surface area contributed by atoms with Crippen LogP contribution in [-0.2, 0) is 28.8 Å². The van der Waals surface area contributed by atoms with Gasteiger partial charge in [-0.05, 0) is 114 Å². The minimum absolute atomic E-state index is 0.0119. The van der Waals surface area contributed by atoms with Crippen molar-refractivity contribution in [2.75, 3.05) is 13.7 Å². The van der Waals surface area contributed by atoms with E-state index in [0.717, 1.165) is 30.2 Å². The summed E-state index contributed by atoms with van der Waals surface area (Å²) >= 11 is 0. The summed E-state index contributed by atoms with van der Waals surface area (Å²) in [6.07, 6.45) is 19.9. The molecule has 0 aromatic rings. The number of aldehydes is 1. The quantitative estimate of drug-likeness (QED) is 0.116. The molecule has 4 atom stereocenters. The fourth-order valence-corrected chi connectivity index (χ4v) is 7.60. The maximum atomic E-state index is 12.8. The van der Waals surface area contributed by atoms with Crippen LogP contribution in [0.4, 0.5) is 0 Å². The van der Waals surface area contributed by atoms with Crippen molar-refractivity contribution in [3.63, 3.8) is 0 Å². The van der Waals surface area contributed by atoms with E-state index in [2.05, 4.69) is 31.0 Å². The first-order chi connectivity index (χ1) is 21.3. The molecule has 45 heavy (non-hydrogen) atoms. The summed E-state index contributed by atoms with van der Waals surface area (Å²) in [7, 11) is 1.35. The largest absolute Gasteiger partial charge is 0.375 e. The molecule has 0 heterocycles. The molecule has 0 bridgehead atoms. The molecule has 1 N–H and O–H groups in total. The number of unbranched alkanes of at least 4 members (excludes halogenated alkanes) is 1. The Bertz CT molecular complexity index is 1120. The molecular weight excluding hydrogens is 568 g/mol. The van der Waals surface area contributed by atoms with Crippen LogP contribution in [0.3, 0.4) is 0 Å². The molecule has 3 aliphatic carbocycles. The number of fused-ring (bicyclic) bond motifs is 1. The first-order valence-electron chi connectivity index (χ1n) is 17.3. The van der Waals surface area contributed by atoms with Crippen molar-refractivity contribution in [1.82, 2.24) is 10.4 Å². The Balaban J connectivity index is 1.36. The molecule has 252 valence electrons. The number of rotatable bonds is 15. The fraction of sp³-hybridized carbons (Fsp3) is 0.730. The number of hydrogen-bond donors (Lipinski definition) is 1. The van der Waals surface area contributed by atoms with Gasteiger partial charge in [0.1, 0.15) is 6.29 Å². The smallest absolute Gasteiger partial charge is 0.335 e. The van der Waals surface area contributed by atoms with Gasteiger partial charge >= 0.3 is 5.97 Å². The van der Waals surface area contributed by atoms with Gasteiger partial charge in [0.05, 0.1) is 24.7 Å². The van der Waals surface area contributed by atoms with E-state index >= 15 is 0 Å². The van der Waals surface area contributed by atoms with Gasteiger partial charge in [-0.15, -0.1) is 0 Å². The van der Waals surface area contributed by atoms with Crippen molar-refractivity contribution in [1.29, 1.82) is 0 Å². The van der Waals surface area contributed by atoms with E-state index in [1.54, 1.807) is 12.5 Å². The van der Waals surface area contributed by atoms with Gasteiger partial charge in [0.2, 0.25) is 5.91 Å². The average molecular weight is 627 g/mol. The summed E-state index contributed by atoms with van der Waals surface area (Å²) in [5, 5.41) is 3.94. The number of allylic oxidation sites excluding steroid dienone is 5. The van der Waals surface area contributed by atoms with Crippen LogP contribution < -0.4 is 5.32 Å². The Labute approximate surface area is 271 Å². The van der Waals surface area contributed by atoms with Crippen molar-refractivity contribution in [2.45, 2.75) is 142 Å². The molecule has 0 spiro atoms. The van der Waals surface area contributed by atoms with E-state index in [0.29, 0.717) is 24.0 Å². The number of carbonyl (C=O) groups excluding carboxylic acids is 4. The third-order valence-electron chi connectivity index (χ3n) is 10.2. The monoisotopic (exact) mass is 626 g/mol. The normalized spacial score (nSPS) is 25.9. The molecule has 0 saturated heterocycles. The van der Waals surface area contributed by atoms with Crippen LogP contribution in [0.5, 0.6) is 0 Å². The van der Waals surface area contributed by atoms with Crippen molar-refractivity contribution < 1.29 is 28.8 Å². The minimum Gasteiger partial charge on any atom is -0.375 e. The second kappa shape index (κ2) is 17.3. The lowest BCUT2D eigenvalue weighted by Crippen LogP contribution is -2.47. The lowest BCUT2D eigenvalue weighted by Gasteiger charge is -2.42. The number of ether oxygens (including phenoxy) is 1. The zero-order valence-corrected chi connectivity index (χ0v) is 28.6. The van der Waals surface area contributed by atoms with Gasteiger partial charge < -0.3 is 19.7 Å². The Morgan fingerprint density at radius 1 is 1.09 bits per heavy atom. The number of hydrogen-bond acceptors (Lipinski definition) is 6. The minimum atomic E-state index is -0.600. The Morgan fingerprint density at radius 3 is 2.58 bits per heavy atom. The molecule has 0 aromatic heterocycles. The molecule has 3 rings (SSSR count). The predicted molar refractivity (Wildman–Crippen MR) is 177 cm³/mol. The first kappa shape index (κ1) is 36.7. The molecular formula is C37H58N2O6. The third-order valence-corrected chi connectivity index (χ3v) is 10.2. The zero-order chi connectivity index (χ0) is 33.0. The summed E-state index contributed by atoms with van der Waals surface area (Å²) in [6.45, 7) is 12.6. The van der Waals surface area contributed by atoms with Crippen LogP contribution in [0, 0.1) is 17.3 Å². The van der Waals surface area contributed by atoms with Crippen molar-refractivity contribution >= 4 is 24.1 Å². The van der Waals surface area contributed by atoms with Gasteiger partial charge in [0.15, 0.2) is 0 Å². The third kappa shape index (κ3) is 11.2. The highest BCUT2D eigenvalue weighted by Crippen LogP contribution is 2.58. The van der Waals surface area contributed by atoms with E-state index in [1.807, 2.05) is 13.8 Å². The van der Waals surface area contributed by atoms with E-state index in [-0.39, 0.29) is 31.8 Å². The molecule has 0 radical (unpaired) electrons. The van der Waals surface area contributed by atoms with Crippen LogP contribution in [-0.4, -0.2) is 54.4 Å². The zero-order valence-electron chi connectivity index (χ0n) is 28.6.